The maximum absolute atomic E-state index is 4.33. The van der Waals surface area contributed by atoms with Gasteiger partial charge in [0.05, 0.1) is 0 Å². The van der Waals surface area contributed by atoms with E-state index in [0.29, 0.717) is 0 Å². The number of pyridine rings is 1. The lowest BCUT2D eigenvalue weighted by Crippen LogP contribution is -2.19. The Labute approximate surface area is 112 Å². The summed E-state index contributed by atoms with van der Waals surface area (Å²) in [6, 6.07) is 4.26. The van der Waals surface area contributed by atoms with Gasteiger partial charge in [-0.15, -0.1) is 0 Å². The summed E-state index contributed by atoms with van der Waals surface area (Å²) in [5.74, 6) is 0.997. The molecule has 0 aliphatic heterocycles. The summed E-state index contributed by atoms with van der Waals surface area (Å²) in [7, 11) is 2.19. The first-order valence-corrected chi connectivity index (χ1v) is 7.13. The zero-order valence-electron chi connectivity index (χ0n) is 12.1. The van der Waals surface area contributed by atoms with E-state index in [2.05, 4.69) is 48.2 Å². The number of nitrogens with one attached hydrogen (secondary N) is 1. The molecule has 3 nitrogen and oxygen atoms in total. The van der Waals surface area contributed by atoms with Gasteiger partial charge < -0.3 is 10.2 Å². The number of unbranched alkanes of at least 4 members (excludes halogenated alkanes) is 2. The molecule has 0 aliphatic carbocycles. The number of hydrogen-bond donors (Lipinski definition) is 1. The lowest BCUT2D eigenvalue weighted by atomic mass is 10.2. The maximum Gasteiger partial charge on any atom is 0.126 e. The van der Waals surface area contributed by atoms with Gasteiger partial charge in [-0.25, -0.2) is 4.98 Å². The third-order valence-electron chi connectivity index (χ3n) is 2.98. The van der Waals surface area contributed by atoms with Crippen LogP contribution in [0.1, 0.15) is 45.1 Å². The van der Waals surface area contributed by atoms with Crippen molar-refractivity contribution in [3.8, 4) is 0 Å². The number of anilines is 1. The van der Waals surface area contributed by atoms with Crippen LogP contribution in [0, 0.1) is 0 Å². The van der Waals surface area contributed by atoms with E-state index in [9.17, 15) is 0 Å². The average molecular weight is 249 g/mol. The molecule has 3 heteroatoms. The Bertz CT molecular complexity index is 325. The molecule has 0 saturated carbocycles. The number of hydrogen-bond acceptors (Lipinski definition) is 3. The first-order chi connectivity index (χ1) is 8.76. The third-order valence-corrected chi connectivity index (χ3v) is 2.98. The monoisotopic (exact) mass is 249 g/mol. The smallest absolute Gasteiger partial charge is 0.126 e. The van der Waals surface area contributed by atoms with E-state index in [4.69, 9.17) is 0 Å². The Morgan fingerprint density at radius 3 is 2.78 bits per heavy atom. The van der Waals surface area contributed by atoms with Crippen LogP contribution in [0.4, 0.5) is 5.82 Å². The molecule has 1 rings (SSSR count). The lowest BCUT2D eigenvalue weighted by Gasteiger charge is -2.16. The van der Waals surface area contributed by atoms with Crippen LogP contribution in [0.5, 0.6) is 0 Å². The minimum Gasteiger partial charge on any atom is -0.370 e. The van der Waals surface area contributed by atoms with Gasteiger partial charge in [-0.1, -0.05) is 26.7 Å². The molecule has 0 aromatic carbocycles. The van der Waals surface area contributed by atoms with E-state index in [1.807, 2.05) is 6.20 Å². The Morgan fingerprint density at radius 1 is 1.22 bits per heavy atom. The fourth-order valence-corrected chi connectivity index (χ4v) is 1.94. The van der Waals surface area contributed by atoms with Gasteiger partial charge in [0, 0.05) is 19.3 Å². The van der Waals surface area contributed by atoms with Crippen LogP contribution in [0.3, 0.4) is 0 Å². The molecular weight excluding hydrogens is 222 g/mol. The normalized spacial score (nSPS) is 10.9. The summed E-state index contributed by atoms with van der Waals surface area (Å²) in [6.45, 7) is 7.58. The summed E-state index contributed by atoms with van der Waals surface area (Å²) in [6.07, 6.45) is 6.92. The van der Waals surface area contributed by atoms with E-state index in [0.717, 1.165) is 25.3 Å². The van der Waals surface area contributed by atoms with Crippen molar-refractivity contribution >= 4 is 5.82 Å². The molecule has 0 aliphatic rings. The molecule has 18 heavy (non-hydrogen) atoms. The molecule has 0 radical (unpaired) electrons. The summed E-state index contributed by atoms with van der Waals surface area (Å²) in [5.41, 5.74) is 1.34. The van der Waals surface area contributed by atoms with Crippen molar-refractivity contribution in [2.24, 2.45) is 0 Å². The largest absolute Gasteiger partial charge is 0.370 e. The molecule has 0 atom stereocenters. The van der Waals surface area contributed by atoms with Gasteiger partial charge in [-0.3, -0.25) is 0 Å². The highest BCUT2D eigenvalue weighted by Gasteiger charge is 2.01. The molecular formula is C15H27N3. The number of rotatable bonds is 9. The van der Waals surface area contributed by atoms with Crippen LogP contribution in [-0.4, -0.2) is 30.0 Å². The standard InChI is InChI=1S/C15H27N3/c1-4-6-7-11-18(3)13-14-8-10-17-15(12-14)16-9-5-2/h8,10,12H,4-7,9,11,13H2,1-3H3,(H,16,17). The van der Waals surface area contributed by atoms with Gasteiger partial charge in [0.15, 0.2) is 0 Å². The van der Waals surface area contributed by atoms with Crippen LogP contribution in [0.15, 0.2) is 18.3 Å². The Morgan fingerprint density at radius 2 is 2.06 bits per heavy atom. The van der Waals surface area contributed by atoms with Crippen LogP contribution in [-0.2, 0) is 6.54 Å². The second-order valence-corrected chi connectivity index (χ2v) is 4.92. The highest BCUT2D eigenvalue weighted by molar-refractivity contribution is 5.37. The van der Waals surface area contributed by atoms with Crippen LogP contribution < -0.4 is 5.32 Å². The second-order valence-electron chi connectivity index (χ2n) is 4.92. The Balaban J connectivity index is 2.40. The van der Waals surface area contributed by atoms with Crippen molar-refractivity contribution in [2.45, 2.75) is 46.1 Å². The van der Waals surface area contributed by atoms with E-state index in [1.54, 1.807) is 0 Å². The fraction of sp³-hybridized carbons (Fsp3) is 0.667. The average Bonchev–Trinajstić information content (AvgIpc) is 2.37. The van der Waals surface area contributed by atoms with E-state index in [1.165, 1.54) is 31.4 Å². The van der Waals surface area contributed by atoms with Gasteiger partial charge in [0.1, 0.15) is 5.82 Å². The van der Waals surface area contributed by atoms with Crippen LogP contribution in [0.25, 0.3) is 0 Å². The quantitative estimate of drug-likeness (QED) is 0.679. The molecule has 0 unspecified atom stereocenters. The summed E-state index contributed by atoms with van der Waals surface area (Å²) < 4.78 is 0. The molecule has 1 N–H and O–H groups in total. The molecule has 0 amide bonds. The topological polar surface area (TPSA) is 28.2 Å². The molecule has 0 saturated heterocycles. The molecule has 1 aromatic heterocycles. The molecule has 1 heterocycles. The Hall–Kier alpha value is -1.09. The van der Waals surface area contributed by atoms with Crippen LogP contribution >= 0.6 is 0 Å². The predicted molar refractivity (Wildman–Crippen MR) is 78.9 cm³/mol. The highest BCUT2D eigenvalue weighted by atomic mass is 15.1. The minimum absolute atomic E-state index is 0.989. The SMILES string of the molecule is CCCCCN(C)Cc1ccnc(NCCC)c1. The zero-order valence-corrected chi connectivity index (χ0v) is 12.1. The highest BCUT2D eigenvalue weighted by Crippen LogP contribution is 2.09. The summed E-state index contributed by atoms with van der Waals surface area (Å²) >= 11 is 0. The number of nitrogens with zero attached hydrogens (tertiary/aromatic N) is 2. The first-order valence-electron chi connectivity index (χ1n) is 7.13. The van der Waals surface area contributed by atoms with Crippen molar-refractivity contribution in [1.29, 1.82) is 0 Å². The first kappa shape index (κ1) is 15.0. The van der Waals surface area contributed by atoms with Gasteiger partial charge in [0.25, 0.3) is 0 Å². The van der Waals surface area contributed by atoms with Crippen molar-refractivity contribution in [3.05, 3.63) is 23.9 Å². The Kier molecular flexibility index (Phi) is 7.42. The fourth-order valence-electron chi connectivity index (χ4n) is 1.94. The van der Waals surface area contributed by atoms with Crippen molar-refractivity contribution < 1.29 is 0 Å². The van der Waals surface area contributed by atoms with Crippen molar-refractivity contribution in [2.75, 3.05) is 25.5 Å². The van der Waals surface area contributed by atoms with E-state index < -0.39 is 0 Å². The van der Waals surface area contributed by atoms with Gasteiger partial charge in [-0.05, 0) is 44.1 Å². The van der Waals surface area contributed by atoms with Crippen molar-refractivity contribution in [3.63, 3.8) is 0 Å². The van der Waals surface area contributed by atoms with Gasteiger partial charge in [0.2, 0.25) is 0 Å². The lowest BCUT2D eigenvalue weighted by molar-refractivity contribution is 0.318. The number of aromatic nitrogens is 1. The minimum atomic E-state index is 0.989. The van der Waals surface area contributed by atoms with Gasteiger partial charge >= 0.3 is 0 Å². The molecule has 0 spiro atoms. The summed E-state index contributed by atoms with van der Waals surface area (Å²) in [5, 5.41) is 3.33. The molecule has 1 aromatic rings. The third kappa shape index (κ3) is 6.01. The summed E-state index contributed by atoms with van der Waals surface area (Å²) in [4.78, 5) is 6.71. The van der Waals surface area contributed by atoms with Gasteiger partial charge in [-0.2, -0.15) is 0 Å². The second kappa shape index (κ2) is 8.92. The predicted octanol–water partition coefficient (Wildman–Crippen LogP) is 3.53. The molecule has 102 valence electrons. The van der Waals surface area contributed by atoms with Crippen LogP contribution in [0.2, 0.25) is 0 Å². The molecule has 0 fully saturated rings. The van der Waals surface area contributed by atoms with E-state index >= 15 is 0 Å². The molecule has 0 bridgehead atoms. The zero-order chi connectivity index (χ0) is 13.2. The van der Waals surface area contributed by atoms with Crippen molar-refractivity contribution in [1.82, 2.24) is 9.88 Å². The maximum atomic E-state index is 4.33. The van der Waals surface area contributed by atoms with E-state index in [-0.39, 0.29) is 0 Å².